The number of oxazole rings is 1. The second kappa shape index (κ2) is 10.7. The average molecular weight is 383 g/mol. The summed E-state index contributed by atoms with van der Waals surface area (Å²) in [7, 11) is 0. The number of nitrogens with zero attached hydrogens (tertiary/aromatic N) is 2. The van der Waals surface area contributed by atoms with E-state index in [1.54, 1.807) is 0 Å². The quantitative estimate of drug-likeness (QED) is 0.390. The maximum absolute atomic E-state index is 5.91. The Kier molecular flexibility index (Phi) is 7.73. The molecule has 0 aliphatic rings. The average Bonchev–Trinajstić information content (AvgIpc) is 3.13. The molecule has 5 heteroatoms. The summed E-state index contributed by atoms with van der Waals surface area (Å²) < 4.78 is 17.2. The van der Waals surface area contributed by atoms with Gasteiger partial charge in [0.05, 0.1) is 0 Å². The Labute approximate surface area is 167 Å². The van der Waals surface area contributed by atoms with Gasteiger partial charge in [-0.3, -0.25) is 4.90 Å². The summed E-state index contributed by atoms with van der Waals surface area (Å²) in [4.78, 5) is 6.82. The summed E-state index contributed by atoms with van der Waals surface area (Å²) in [6, 6.07) is 15.2. The van der Waals surface area contributed by atoms with Crippen molar-refractivity contribution in [3.63, 3.8) is 0 Å². The van der Waals surface area contributed by atoms with Gasteiger partial charge in [0.25, 0.3) is 0 Å². The third kappa shape index (κ3) is 5.99. The SMILES string of the molecule is CCCCN(CCCC)CCOc1ccc(Oc2nc3ccccc3o2)cc1. The fourth-order valence-electron chi connectivity index (χ4n) is 2.99. The lowest BCUT2D eigenvalue weighted by Gasteiger charge is -2.22. The van der Waals surface area contributed by atoms with Crippen LogP contribution in [-0.4, -0.2) is 36.1 Å². The zero-order valence-corrected chi connectivity index (χ0v) is 16.9. The summed E-state index contributed by atoms with van der Waals surface area (Å²) in [5.74, 6) is 1.52. The number of rotatable bonds is 12. The van der Waals surface area contributed by atoms with Gasteiger partial charge >= 0.3 is 6.08 Å². The van der Waals surface area contributed by atoms with Crippen LogP contribution in [0.5, 0.6) is 17.6 Å². The molecule has 1 heterocycles. The van der Waals surface area contributed by atoms with Gasteiger partial charge in [0, 0.05) is 6.54 Å². The van der Waals surface area contributed by atoms with Crippen LogP contribution >= 0.6 is 0 Å². The van der Waals surface area contributed by atoms with Crippen LogP contribution < -0.4 is 9.47 Å². The molecule has 0 saturated carbocycles. The highest BCUT2D eigenvalue weighted by Crippen LogP contribution is 2.26. The van der Waals surface area contributed by atoms with Gasteiger partial charge in [0.2, 0.25) is 0 Å². The Balaban J connectivity index is 1.48. The molecule has 5 nitrogen and oxygen atoms in total. The maximum Gasteiger partial charge on any atom is 0.400 e. The Morgan fingerprint density at radius 2 is 1.54 bits per heavy atom. The van der Waals surface area contributed by atoms with E-state index in [0.29, 0.717) is 17.9 Å². The van der Waals surface area contributed by atoms with Crippen molar-refractivity contribution >= 4 is 11.1 Å². The number of unbranched alkanes of at least 4 members (excludes halogenated alkanes) is 2. The first-order valence-corrected chi connectivity index (χ1v) is 10.3. The highest BCUT2D eigenvalue weighted by Gasteiger charge is 2.08. The van der Waals surface area contributed by atoms with Gasteiger partial charge in [-0.2, -0.15) is 4.98 Å². The molecule has 0 spiro atoms. The Morgan fingerprint density at radius 1 is 0.857 bits per heavy atom. The Bertz CT molecular complexity index is 788. The minimum atomic E-state index is 0.248. The van der Waals surface area contributed by atoms with E-state index in [9.17, 15) is 0 Å². The topological polar surface area (TPSA) is 47.7 Å². The normalized spacial score (nSPS) is 11.2. The van der Waals surface area contributed by atoms with Crippen molar-refractivity contribution in [1.82, 2.24) is 9.88 Å². The maximum atomic E-state index is 5.91. The van der Waals surface area contributed by atoms with Gasteiger partial charge in [-0.15, -0.1) is 0 Å². The molecular formula is C23H30N2O3. The number of hydrogen-bond donors (Lipinski definition) is 0. The van der Waals surface area contributed by atoms with Crippen LogP contribution in [0.25, 0.3) is 11.1 Å². The molecule has 28 heavy (non-hydrogen) atoms. The lowest BCUT2D eigenvalue weighted by Crippen LogP contribution is -2.30. The van der Waals surface area contributed by atoms with Crippen LogP contribution in [0, 0.1) is 0 Å². The van der Waals surface area contributed by atoms with E-state index in [1.165, 1.54) is 25.7 Å². The highest BCUT2D eigenvalue weighted by molar-refractivity contribution is 5.72. The van der Waals surface area contributed by atoms with Crippen LogP contribution in [0.15, 0.2) is 52.9 Å². The summed E-state index contributed by atoms with van der Waals surface area (Å²) in [6.45, 7) is 8.42. The third-order valence-corrected chi connectivity index (χ3v) is 4.64. The molecule has 0 aliphatic carbocycles. The molecule has 0 saturated heterocycles. The predicted molar refractivity (Wildman–Crippen MR) is 112 cm³/mol. The molecule has 0 amide bonds. The second-order valence-corrected chi connectivity index (χ2v) is 6.92. The molecule has 3 rings (SSSR count). The molecule has 0 radical (unpaired) electrons. The summed E-state index contributed by atoms with van der Waals surface area (Å²) in [5, 5.41) is 0. The fraction of sp³-hybridized carbons (Fsp3) is 0.435. The number of aromatic nitrogens is 1. The monoisotopic (exact) mass is 382 g/mol. The van der Waals surface area contributed by atoms with Gasteiger partial charge in [-0.05, 0) is 62.3 Å². The number of ether oxygens (including phenoxy) is 2. The minimum absolute atomic E-state index is 0.248. The van der Waals surface area contributed by atoms with Crippen LogP contribution in [0.3, 0.4) is 0 Å². The zero-order chi connectivity index (χ0) is 19.6. The molecular weight excluding hydrogens is 352 g/mol. The summed E-state index contributed by atoms with van der Waals surface area (Å²) in [6.07, 6.45) is 5.19. The molecule has 0 fully saturated rings. The van der Waals surface area contributed by atoms with Crippen molar-refractivity contribution in [3.8, 4) is 17.6 Å². The zero-order valence-electron chi connectivity index (χ0n) is 16.9. The Hall–Kier alpha value is -2.53. The summed E-state index contributed by atoms with van der Waals surface area (Å²) >= 11 is 0. The van der Waals surface area contributed by atoms with E-state index in [-0.39, 0.29) is 6.08 Å². The van der Waals surface area contributed by atoms with Gasteiger partial charge in [0.1, 0.15) is 23.6 Å². The molecule has 150 valence electrons. The minimum Gasteiger partial charge on any atom is -0.492 e. The van der Waals surface area contributed by atoms with Gasteiger partial charge in [0.15, 0.2) is 5.58 Å². The van der Waals surface area contributed by atoms with Gasteiger partial charge < -0.3 is 13.9 Å². The lowest BCUT2D eigenvalue weighted by atomic mass is 10.2. The molecule has 0 atom stereocenters. The fourth-order valence-corrected chi connectivity index (χ4v) is 2.99. The number of para-hydroxylation sites is 2. The molecule has 0 unspecified atom stereocenters. The third-order valence-electron chi connectivity index (χ3n) is 4.64. The standard InChI is InChI=1S/C23H30N2O3/c1-3-5-15-25(16-6-4-2)17-18-26-19-11-13-20(14-12-19)27-23-24-21-9-7-8-10-22(21)28-23/h7-14H,3-6,15-18H2,1-2H3. The van der Waals surface area contributed by atoms with Crippen molar-refractivity contribution in [2.45, 2.75) is 39.5 Å². The first-order chi connectivity index (χ1) is 13.8. The molecule has 2 aromatic carbocycles. The molecule has 0 aliphatic heterocycles. The van der Waals surface area contributed by atoms with Crippen LogP contribution in [0.4, 0.5) is 0 Å². The van der Waals surface area contributed by atoms with Crippen molar-refractivity contribution < 1.29 is 13.9 Å². The van der Waals surface area contributed by atoms with E-state index in [0.717, 1.165) is 30.9 Å². The number of hydrogen-bond acceptors (Lipinski definition) is 5. The first kappa shape index (κ1) is 20.2. The van der Waals surface area contributed by atoms with Gasteiger partial charge in [-0.1, -0.05) is 38.8 Å². The molecule has 3 aromatic rings. The molecule has 0 N–H and O–H groups in total. The van der Waals surface area contributed by atoms with Crippen LogP contribution in [0.1, 0.15) is 39.5 Å². The lowest BCUT2D eigenvalue weighted by molar-refractivity contribution is 0.204. The van der Waals surface area contributed by atoms with E-state index in [4.69, 9.17) is 13.9 Å². The van der Waals surface area contributed by atoms with Crippen molar-refractivity contribution in [1.29, 1.82) is 0 Å². The summed E-state index contributed by atoms with van der Waals surface area (Å²) in [5.41, 5.74) is 1.50. The van der Waals surface area contributed by atoms with E-state index >= 15 is 0 Å². The largest absolute Gasteiger partial charge is 0.492 e. The first-order valence-electron chi connectivity index (χ1n) is 10.3. The van der Waals surface area contributed by atoms with E-state index in [1.807, 2.05) is 48.5 Å². The van der Waals surface area contributed by atoms with Crippen LogP contribution in [-0.2, 0) is 0 Å². The van der Waals surface area contributed by atoms with Crippen LogP contribution in [0.2, 0.25) is 0 Å². The van der Waals surface area contributed by atoms with Gasteiger partial charge in [-0.25, -0.2) is 0 Å². The Morgan fingerprint density at radius 3 is 2.21 bits per heavy atom. The van der Waals surface area contributed by atoms with E-state index < -0.39 is 0 Å². The van der Waals surface area contributed by atoms with Crippen molar-refractivity contribution in [3.05, 3.63) is 48.5 Å². The number of fused-ring (bicyclic) bond motifs is 1. The number of benzene rings is 2. The molecule has 0 bridgehead atoms. The predicted octanol–water partition coefficient (Wildman–Crippen LogP) is 5.90. The second-order valence-electron chi connectivity index (χ2n) is 6.92. The smallest absolute Gasteiger partial charge is 0.400 e. The van der Waals surface area contributed by atoms with E-state index in [2.05, 4.69) is 23.7 Å². The highest BCUT2D eigenvalue weighted by atomic mass is 16.6. The molecule has 1 aromatic heterocycles. The van der Waals surface area contributed by atoms with Crippen molar-refractivity contribution in [2.24, 2.45) is 0 Å². The van der Waals surface area contributed by atoms with Crippen molar-refractivity contribution in [2.75, 3.05) is 26.2 Å².